The van der Waals surface area contributed by atoms with Crippen LogP contribution < -0.4 is 10.5 Å². The summed E-state index contributed by atoms with van der Waals surface area (Å²) in [4.78, 5) is 0.194. The van der Waals surface area contributed by atoms with Crippen LogP contribution in [0.2, 0.25) is 0 Å². The van der Waals surface area contributed by atoms with Gasteiger partial charge in [-0.3, -0.25) is 4.72 Å². The molecule has 0 aliphatic carbocycles. The quantitative estimate of drug-likeness (QED) is 0.723. The van der Waals surface area contributed by atoms with Crippen LogP contribution >= 0.6 is 0 Å². The molecule has 3 aromatic rings. The van der Waals surface area contributed by atoms with Gasteiger partial charge in [0.05, 0.1) is 16.8 Å². The standard InChI is InChI=1S/C15H14N4O2S/c16-12-6-8-13(9-7-12)19-15(10-11-17-19)18-22(20,21)14-4-2-1-3-5-14/h1-11,18H,16H2. The van der Waals surface area contributed by atoms with Crippen molar-refractivity contribution in [2.24, 2.45) is 0 Å². The first-order valence-corrected chi connectivity index (χ1v) is 8.02. The predicted octanol–water partition coefficient (Wildman–Crippen LogP) is 2.26. The smallest absolute Gasteiger partial charge is 0.263 e. The second kappa shape index (κ2) is 5.53. The molecule has 3 rings (SSSR count). The van der Waals surface area contributed by atoms with Crippen molar-refractivity contribution < 1.29 is 8.42 Å². The largest absolute Gasteiger partial charge is 0.399 e. The Bertz CT molecular complexity index is 871. The second-order valence-corrected chi connectivity index (χ2v) is 6.32. The van der Waals surface area contributed by atoms with Gasteiger partial charge in [0.1, 0.15) is 5.82 Å². The zero-order valence-electron chi connectivity index (χ0n) is 11.5. The average Bonchev–Trinajstić information content (AvgIpc) is 2.96. The van der Waals surface area contributed by atoms with Crippen molar-refractivity contribution in [3.63, 3.8) is 0 Å². The van der Waals surface area contributed by atoms with Gasteiger partial charge in [0, 0.05) is 11.8 Å². The van der Waals surface area contributed by atoms with Crippen LogP contribution in [0.1, 0.15) is 0 Å². The molecule has 1 heterocycles. The van der Waals surface area contributed by atoms with Gasteiger partial charge < -0.3 is 5.73 Å². The Hall–Kier alpha value is -2.80. The number of anilines is 2. The van der Waals surface area contributed by atoms with Crippen LogP contribution in [0.15, 0.2) is 71.8 Å². The molecule has 0 amide bonds. The molecular weight excluding hydrogens is 300 g/mol. The van der Waals surface area contributed by atoms with E-state index in [2.05, 4.69) is 9.82 Å². The van der Waals surface area contributed by atoms with E-state index in [-0.39, 0.29) is 4.90 Å². The van der Waals surface area contributed by atoms with E-state index >= 15 is 0 Å². The maximum Gasteiger partial charge on any atom is 0.263 e. The fourth-order valence-electron chi connectivity index (χ4n) is 2.00. The lowest BCUT2D eigenvalue weighted by Gasteiger charge is -2.10. The van der Waals surface area contributed by atoms with Crippen molar-refractivity contribution in [3.8, 4) is 5.69 Å². The van der Waals surface area contributed by atoms with Gasteiger partial charge in [0.2, 0.25) is 0 Å². The van der Waals surface area contributed by atoms with Crippen molar-refractivity contribution in [3.05, 3.63) is 66.9 Å². The number of nitrogens with one attached hydrogen (secondary N) is 1. The van der Waals surface area contributed by atoms with Crippen molar-refractivity contribution in [2.45, 2.75) is 4.90 Å². The summed E-state index contributed by atoms with van der Waals surface area (Å²) in [5, 5.41) is 4.14. The first kappa shape index (κ1) is 14.2. The van der Waals surface area contributed by atoms with E-state index in [0.717, 1.165) is 0 Å². The molecule has 1 aromatic heterocycles. The van der Waals surface area contributed by atoms with Gasteiger partial charge in [0.15, 0.2) is 0 Å². The molecule has 0 saturated heterocycles. The molecular formula is C15H14N4O2S. The number of nitrogens with zero attached hydrogens (tertiary/aromatic N) is 2. The van der Waals surface area contributed by atoms with Crippen LogP contribution in [0.3, 0.4) is 0 Å². The Morgan fingerprint density at radius 1 is 0.955 bits per heavy atom. The first-order valence-electron chi connectivity index (χ1n) is 6.54. The molecule has 0 saturated carbocycles. The minimum absolute atomic E-state index is 0.194. The molecule has 3 N–H and O–H groups in total. The third-order valence-electron chi connectivity index (χ3n) is 3.07. The topological polar surface area (TPSA) is 90.0 Å². The van der Waals surface area contributed by atoms with Gasteiger partial charge in [-0.1, -0.05) is 18.2 Å². The summed E-state index contributed by atoms with van der Waals surface area (Å²) in [6.07, 6.45) is 1.53. The van der Waals surface area contributed by atoms with Crippen molar-refractivity contribution in [1.29, 1.82) is 0 Å². The lowest BCUT2D eigenvalue weighted by Crippen LogP contribution is -2.15. The first-order chi connectivity index (χ1) is 10.6. The summed E-state index contributed by atoms with van der Waals surface area (Å²) in [6, 6.07) is 16.8. The van der Waals surface area contributed by atoms with Crippen LogP contribution in [0.25, 0.3) is 5.69 Å². The summed E-state index contributed by atoms with van der Waals surface area (Å²) in [5.41, 5.74) is 6.99. The van der Waals surface area contributed by atoms with Crippen molar-refractivity contribution >= 4 is 21.5 Å². The molecule has 22 heavy (non-hydrogen) atoms. The number of hydrogen-bond donors (Lipinski definition) is 2. The molecule has 6 nitrogen and oxygen atoms in total. The van der Waals surface area contributed by atoms with E-state index < -0.39 is 10.0 Å². The third kappa shape index (κ3) is 2.79. The molecule has 0 spiro atoms. The summed E-state index contributed by atoms with van der Waals surface area (Å²) >= 11 is 0. The van der Waals surface area contributed by atoms with Gasteiger partial charge in [-0.2, -0.15) is 5.10 Å². The summed E-state index contributed by atoms with van der Waals surface area (Å²) in [6.45, 7) is 0. The Labute approximate surface area is 128 Å². The Balaban J connectivity index is 1.95. The lowest BCUT2D eigenvalue weighted by molar-refractivity contribution is 0.600. The number of nitrogens with two attached hydrogens (primary N) is 1. The second-order valence-electron chi connectivity index (χ2n) is 4.64. The fourth-order valence-corrected chi connectivity index (χ4v) is 3.06. The van der Waals surface area contributed by atoms with E-state index in [0.29, 0.717) is 17.2 Å². The fraction of sp³-hybridized carbons (Fsp3) is 0. The van der Waals surface area contributed by atoms with Crippen LogP contribution in [0, 0.1) is 0 Å². The molecule has 0 aliphatic heterocycles. The summed E-state index contributed by atoms with van der Waals surface area (Å²) in [7, 11) is -3.66. The average molecular weight is 314 g/mol. The normalized spacial score (nSPS) is 11.3. The number of hydrogen-bond acceptors (Lipinski definition) is 4. The number of sulfonamides is 1. The molecule has 0 atom stereocenters. The lowest BCUT2D eigenvalue weighted by atomic mass is 10.3. The van der Waals surface area contributed by atoms with Gasteiger partial charge in [-0.25, -0.2) is 13.1 Å². The van der Waals surface area contributed by atoms with E-state index in [1.165, 1.54) is 23.0 Å². The number of rotatable bonds is 4. The maximum absolute atomic E-state index is 12.4. The van der Waals surface area contributed by atoms with E-state index in [1.807, 2.05) is 0 Å². The van der Waals surface area contributed by atoms with E-state index in [1.54, 1.807) is 48.5 Å². The highest BCUT2D eigenvalue weighted by atomic mass is 32.2. The van der Waals surface area contributed by atoms with Gasteiger partial charge >= 0.3 is 0 Å². The minimum Gasteiger partial charge on any atom is -0.399 e. The molecule has 0 aliphatic rings. The SMILES string of the molecule is Nc1ccc(-n2nccc2NS(=O)(=O)c2ccccc2)cc1. The molecule has 0 unspecified atom stereocenters. The van der Waals surface area contributed by atoms with Crippen molar-refractivity contribution in [2.75, 3.05) is 10.5 Å². The number of nitrogen functional groups attached to an aromatic ring is 1. The molecule has 2 aromatic carbocycles. The zero-order valence-corrected chi connectivity index (χ0v) is 12.4. The minimum atomic E-state index is -3.66. The van der Waals surface area contributed by atoms with Gasteiger partial charge in [0.25, 0.3) is 10.0 Å². The molecule has 0 radical (unpaired) electrons. The van der Waals surface area contributed by atoms with Crippen LogP contribution in [0.5, 0.6) is 0 Å². The summed E-state index contributed by atoms with van der Waals surface area (Å²) in [5.74, 6) is 0.355. The molecule has 0 fully saturated rings. The summed E-state index contributed by atoms with van der Waals surface area (Å²) < 4.78 is 28.8. The maximum atomic E-state index is 12.4. The van der Waals surface area contributed by atoms with Gasteiger partial charge in [-0.05, 0) is 36.4 Å². The van der Waals surface area contributed by atoms with Gasteiger partial charge in [-0.15, -0.1) is 0 Å². The monoisotopic (exact) mass is 314 g/mol. The zero-order chi connectivity index (χ0) is 15.6. The Morgan fingerprint density at radius 2 is 1.64 bits per heavy atom. The predicted molar refractivity (Wildman–Crippen MR) is 85.2 cm³/mol. The third-order valence-corrected chi connectivity index (χ3v) is 4.44. The number of aromatic nitrogens is 2. The van der Waals surface area contributed by atoms with Crippen LogP contribution in [0.4, 0.5) is 11.5 Å². The Kier molecular flexibility index (Phi) is 3.56. The highest BCUT2D eigenvalue weighted by Gasteiger charge is 2.16. The molecule has 0 bridgehead atoms. The Morgan fingerprint density at radius 3 is 2.32 bits per heavy atom. The van der Waals surface area contributed by atoms with Crippen molar-refractivity contribution in [1.82, 2.24) is 9.78 Å². The van der Waals surface area contributed by atoms with Crippen LogP contribution in [-0.4, -0.2) is 18.2 Å². The molecule has 7 heteroatoms. The molecule has 112 valence electrons. The van der Waals surface area contributed by atoms with E-state index in [4.69, 9.17) is 5.73 Å². The highest BCUT2D eigenvalue weighted by Crippen LogP contribution is 2.19. The highest BCUT2D eigenvalue weighted by molar-refractivity contribution is 7.92. The van der Waals surface area contributed by atoms with Crippen LogP contribution in [-0.2, 0) is 10.0 Å². The number of benzene rings is 2. The van der Waals surface area contributed by atoms with E-state index in [9.17, 15) is 8.42 Å².